The van der Waals surface area contributed by atoms with Gasteiger partial charge in [-0.05, 0) is 19.1 Å². The zero-order chi connectivity index (χ0) is 15.5. The number of carbonyl (C=O) groups is 1. The second-order valence-electron chi connectivity index (χ2n) is 4.59. The molecule has 0 bridgehead atoms. The van der Waals surface area contributed by atoms with Gasteiger partial charge in [-0.1, -0.05) is 41.9 Å². The highest BCUT2D eigenvalue weighted by molar-refractivity contribution is 7.16. The van der Waals surface area contributed by atoms with E-state index in [4.69, 9.17) is 11.6 Å². The summed E-state index contributed by atoms with van der Waals surface area (Å²) in [6.07, 6.45) is 1.54. The molecule has 0 radical (unpaired) electrons. The van der Waals surface area contributed by atoms with Crippen LogP contribution >= 0.6 is 22.9 Å². The van der Waals surface area contributed by atoms with Crippen LogP contribution in [0.25, 0.3) is 11.3 Å². The quantitative estimate of drug-likeness (QED) is 0.724. The molecule has 3 rings (SSSR count). The highest BCUT2D eigenvalue weighted by Gasteiger charge is 2.15. The van der Waals surface area contributed by atoms with E-state index in [0.29, 0.717) is 10.7 Å². The molecule has 2 aromatic heterocycles. The number of pyridine rings is 1. The maximum absolute atomic E-state index is 12.2. The smallest absolute Gasteiger partial charge is 0.260 e. The average molecular weight is 330 g/mol. The molecule has 0 aliphatic carbocycles. The van der Waals surface area contributed by atoms with Gasteiger partial charge in [-0.25, -0.2) is 9.97 Å². The lowest BCUT2D eigenvalue weighted by Crippen LogP contribution is -2.12. The summed E-state index contributed by atoms with van der Waals surface area (Å²) in [7, 11) is 0. The van der Waals surface area contributed by atoms with Crippen molar-refractivity contribution >= 4 is 34.0 Å². The van der Waals surface area contributed by atoms with E-state index in [1.165, 1.54) is 11.3 Å². The SMILES string of the molecule is Cc1sc(NC(=O)c2cccnc2Cl)nc1-c1ccccc1. The summed E-state index contributed by atoms with van der Waals surface area (Å²) < 4.78 is 0. The summed E-state index contributed by atoms with van der Waals surface area (Å²) >= 11 is 7.36. The summed E-state index contributed by atoms with van der Waals surface area (Å²) in [5.41, 5.74) is 2.23. The Kier molecular flexibility index (Phi) is 4.18. The first-order valence-corrected chi connectivity index (χ1v) is 7.79. The van der Waals surface area contributed by atoms with Gasteiger partial charge in [-0.2, -0.15) is 0 Å². The van der Waals surface area contributed by atoms with Crippen molar-refractivity contribution in [1.29, 1.82) is 0 Å². The first-order valence-electron chi connectivity index (χ1n) is 6.60. The van der Waals surface area contributed by atoms with E-state index in [1.54, 1.807) is 18.3 Å². The molecule has 3 aromatic rings. The number of hydrogen-bond donors (Lipinski definition) is 1. The molecule has 1 amide bonds. The van der Waals surface area contributed by atoms with Crippen molar-refractivity contribution in [3.8, 4) is 11.3 Å². The normalized spacial score (nSPS) is 10.5. The van der Waals surface area contributed by atoms with Gasteiger partial charge < -0.3 is 0 Å². The molecule has 1 aromatic carbocycles. The van der Waals surface area contributed by atoms with Crippen LogP contribution < -0.4 is 5.32 Å². The number of anilines is 1. The molecule has 2 heterocycles. The third-order valence-electron chi connectivity index (χ3n) is 3.07. The predicted molar refractivity (Wildman–Crippen MR) is 89.5 cm³/mol. The van der Waals surface area contributed by atoms with E-state index < -0.39 is 0 Å². The Balaban J connectivity index is 1.86. The number of benzene rings is 1. The number of hydrogen-bond acceptors (Lipinski definition) is 4. The Morgan fingerprint density at radius 3 is 2.68 bits per heavy atom. The van der Waals surface area contributed by atoms with Gasteiger partial charge in [0, 0.05) is 16.6 Å². The van der Waals surface area contributed by atoms with E-state index in [0.717, 1.165) is 16.1 Å². The maximum Gasteiger partial charge on any atom is 0.260 e. The molecule has 6 heteroatoms. The van der Waals surface area contributed by atoms with Crippen LogP contribution in [0.15, 0.2) is 48.7 Å². The fourth-order valence-corrected chi connectivity index (χ4v) is 3.07. The molecule has 0 aliphatic rings. The van der Waals surface area contributed by atoms with Gasteiger partial charge in [-0.15, -0.1) is 11.3 Å². The molecule has 110 valence electrons. The van der Waals surface area contributed by atoms with Gasteiger partial charge in [0.1, 0.15) is 5.15 Å². The van der Waals surface area contributed by atoms with Gasteiger partial charge >= 0.3 is 0 Å². The molecule has 0 saturated carbocycles. The van der Waals surface area contributed by atoms with Crippen LogP contribution in [0.2, 0.25) is 5.15 Å². The summed E-state index contributed by atoms with van der Waals surface area (Å²) in [5.74, 6) is -0.313. The van der Waals surface area contributed by atoms with E-state index in [-0.39, 0.29) is 11.1 Å². The first-order chi connectivity index (χ1) is 10.6. The van der Waals surface area contributed by atoms with Crippen LogP contribution in [0.5, 0.6) is 0 Å². The van der Waals surface area contributed by atoms with Crippen LogP contribution in [0.1, 0.15) is 15.2 Å². The van der Waals surface area contributed by atoms with Crippen molar-refractivity contribution in [2.45, 2.75) is 6.92 Å². The van der Waals surface area contributed by atoms with E-state index in [2.05, 4.69) is 15.3 Å². The maximum atomic E-state index is 12.2. The minimum Gasteiger partial charge on any atom is -0.298 e. The monoisotopic (exact) mass is 329 g/mol. The highest BCUT2D eigenvalue weighted by Crippen LogP contribution is 2.30. The summed E-state index contributed by atoms with van der Waals surface area (Å²) in [4.78, 5) is 21.7. The number of halogens is 1. The summed E-state index contributed by atoms with van der Waals surface area (Å²) in [6, 6.07) is 13.2. The van der Waals surface area contributed by atoms with Crippen LogP contribution in [0, 0.1) is 6.92 Å². The lowest BCUT2D eigenvalue weighted by atomic mass is 10.1. The third-order valence-corrected chi connectivity index (χ3v) is 4.26. The van der Waals surface area contributed by atoms with Crippen molar-refractivity contribution in [3.63, 3.8) is 0 Å². The topological polar surface area (TPSA) is 54.9 Å². The zero-order valence-corrected chi connectivity index (χ0v) is 13.3. The van der Waals surface area contributed by atoms with E-state index in [1.807, 2.05) is 37.3 Å². The van der Waals surface area contributed by atoms with Crippen molar-refractivity contribution < 1.29 is 4.79 Å². The number of nitrogens with zero attached hydrogens (tertiary/aromatic N) is 2. The molecule has 4 nitrogen and oxygen atoms in total. The standard InChI is InChI=1S/C16H12ClN3OS/c1-10-13(11-6-3-2-4-7-11)19-16(22-10)20-15(21)12-8-5-9-18-14(12)17/h2-9H,1H3,(H,19,20,21). The molecular formula is C16H12ClN3OS. The second kappa shape index (κ2) is 6.25. The minimum absolute atomic E-state index is 0.177. The molecule has 0 spiro atoms. The Bertz CT molecular complexity index is 817. The number of aromatic nitrogens is 2. The van der Waals surface area contributed by atoms with Crippen LogP contribution in [0.4, 0.5) is 5.13 Å². The van der Waals surface area contributed by atoms with Gasteiger partial charge in [0.2, 0.25) is 0 Å². The second-order valence-corrected chi connectivity index (χ2v) is 6.15. The van der Waals surface area contributed by atoms with Gasteiger partial charge in [-0.3, -0.25) is 10.1 Å². The fraction of sp³-hybridized carbons (Fsp3) is 0.0625. The summed E-state index contributed by atoms with van der Waals surface area (Å²) in [6.45, 7) is 1.98. The van der Waals surface area contributed by atoms with Crippen LogP contribution in [-0.4, -0.2) is 15.9 Å². The van der Waals surface area contributed by atoms with E-state index >= 15 is 0 Å². The van der Waals surface area contributed by atoms with Gasteiger partial charge in [0.25, 0.3) is 5.91 Å². The number of aryl methyl sites for hydroxylation is 1. The number of carbonyl (C=O) groups excluding carboxylic acids is 1. The minimum atomic E-state index is -0.313. The van der Waals surface area contributed by atoms with Gasteiger partial charge in [0.05, 0.1) is 11.3 Å². The number of rotatable bonds is 3. The van der Waals surface area contributed by atoms with Crippen LogP contribution in [-0.2, 0) is 0 Å². The Morgan fingerprint density at radius 1 is 1.18 bits per heavy atom. The van der Waals surface area contributed by atoms with Crippen molar-refractivity contribution in [2.24, 2.45) is 0 Å². The molecule has 1 N–H and O–H groups in total. The Hall–Kier alpha value is -2.24. The predicted octanol–water partition coefficient (Wildman–Crippen LogP) is 4.42. The Labute approximate surface area is 136 Å². The third kappa shape index (κ3) is 3.00. The molecule has 0 fully saturated rings. The van der Waals surface area contributed by atoms with Crippen LogP contribution in [0.3, 0.4) is 0 Å². The molecule has 0 saturated heterocycles. The molecule has 0 aliphatic heterocycles. The summed E-state index contributed by atoms with van der Waals surface area (Å²) in [5, 5.41) is 3.49. The van der Waals surface area contributed by atoms with E-state index in [9.17, 15) is 4.79 Å². The number of nitrogens with one attached hydrogen (secondary N) is 1. The molecule has 22 heavy (non-hydrogen) atoms. The lowest BCUT2D eigenvalue weighted by molar-refractivity contribution is 0.102. The van der Waals surface area contributed by atoms with Gasteiger partial charge in [0.15, 0.2) is 5.13 Å². The Morgan fingerprint density at radius 2 is 1.95 bits per heavy atom. The molecule has 0 atom stereocenters. The van der Waals surface area contributed by atoms with Crippen molar-refractivity contribution in [2.75, 3.05) is 5.32 Å². The molecular weight excluding hydrogens is 318 g/mol. The number of thiazole rings is 1. The average Bonchev–Trinajstić information content (AvgIpc) is 2.89. The molecule has 0 unspecified atom stereocenters. The fourth-order valence-electron chi connectivity index (χ4n) is 2.03. The number of amides is 1. The zero-order valence-electron chi connectivity index (χ0n) is 11.7. The van der Waals surface area contributed by atoms with Crippen molar-refractivity contribution in [3.05, 3.63) is 64.3 Å². The lowest BCUT2D eigenvalue weighted by Gasteiger charge is -2.02. The van der Waals surface area contributed by atoms with Crippen molar-refractivity contribution in [1.82, 2.24) is 9.97 Å². The first kappa shape index (κ1) is 14.7. The largest absolute Gasteiger partial charge is 0.298 e. The highest BCUT2D eigenvalue weighted by atomic mass is 35.5.